The van der Waals surface area contributed by atoms with Crippen molar-refractivity contribution in [2.45, 2.75) is 89.4 Å². The smallest absolute Gasteiger partial charge is 0.0928 e. The van der Waals surface area contributed by atoms with Crippen LogP contribution < -0.4 is 0 Å². The average molecular weight is 357 g/mol. The Morgan fingerprint density at radius 2 is 1.38 bits per heavy atom. The minimum atomic E-state index is -0.224. The Morgan fingerprint density at radius 1 is 0.846 bits per heavy atom. The summed E-state index contributed by atoms with van der Waals surface area (Å²) in [6.45, 7) is 2.09. The SMILES string of the molecule is CCCC1CCC(c2ccc(C3CCC(C=CCCF)CC3)cc2)CC1. The Labute approximate surface area is 160 Å². The number of hydrogen-bond donors (Lipinski definition) is 0. The molecule has 1 aromatic carbocycles. The van der Waals surface area contributed by atoms with Gasteiger partial charge in [-0.25, -0.2) is 0 Å². The van der Waals surface area contributed by atoms with E-state index in [1.165, 1.54) is 64.2 Å². The second kappa shape index (κ2) is 10.3. The molecule has 0 amide bonds. The van der Waals surface area contributed by atoms with Crippen LogP contribution in [-0.2, 0) is 0 Å². The highest BCUT2D eigenvalue weighted by molar-refractivity contribution is 5.28. The minimum Gasteiger partial charge on any atom is -0.251 e. The Hall–Kier alpha value is -1.11. The second-order valence-electron chi connectivity index (χ2n) is 8.69. The maximum Gasteiger partial charge on any atom is 0.0928 e. The number of alkyl halides is 1. The van der Waals surface area contributed by atoms with Crippen LogP contribution in [0.15, 0.2) is 36.4 Å². The maximum atomic E-state index is 12.2. The maximum absolute atomic E-state index is 12.2. The molecule has 3 rings (SSSR count). The summed E-state index contributed by atoms with van der Waals surface area (Å²) in [5.41, 5.74) is 3.12. The van der Waals surface area contributed by atoms with Crippen LogP contribution in [-0.4, -0.2) is 6.67 Å². The third kappa shape index (κ3) is 5.44. The third-order valence-corrected chi connectivity index (χ3v) is 6.88. The van der Waals surface area contributed by atoms with Crippen molar-refractivity contribution in [3.8, 4) is 0 Å². The van der Waals surface area contributed by atoms with Crippen LogP contribution in [0, 0.1) is 11.8 Å². The summed E-state index contributed by atoms with van der Waals surface area (Å²) < 4.78 is 12.2. The van der Waals surface area contributed by atoms with Gasteiger partial charge in [0, 0.05) is 0 Å². The molecule has 0 atom stereocenters. The molecule has 0 unspecified atom stereocenters. The summed E-state index contributed by atoms with van der Waals surface area (Å²) in [5, 5.41) is 0. The van der Waals surface area contributed by atoms with Gasteiger partial charge in [0.1, 0.15) is 0 Å². The first kappa shape index (κ1) is 19.6. The molecule has 0 bridgehead atoms. The highest BCUT2D eigenvalue weighted by Gasteiger charge is 2.23. The molecule has 1 heteroatoms. The standard InChI is InChI=1S/C25H37F/c1-2-5-20-7-11-22(12-8-20)24-15-17-25(18-16-24)23-13-9-21(10-14-23)6-3-4-19-26/h3,6,15-18,20-23H,2,4-5,7-14,19H2,1H3. The monoisotopic (exact) mass is 356 g/mol. The van der Waals surface area contributed by atoms with Crippen LogP contribution in [0.25, 0.3) is 0 Å². The lowest BCUT2D eigenvalue weighted by Crippen LogP contribution is -2.14. The molecule has 26 heavy (non-hydrogen) atoms. The number of halogens is 1. The van der Waals surface area contributed by atoms with E-state index in [1.807, 2.05) is 6.08 Å². The van der Waals surface area contributed by atoms with E-state index in [0.29, 0.717) is 12.3 Å². The first-order chi connectivity index (χ1) is 12.8. The topological polar surface area (TPSA) is 0 Å². The number of benzene rings is 1. The zero-order valence-corrected chi connectivity index (χ0v) is 16.6. The van der Waals surface area contributed by atoms with Gasteiger partial charge in [-0.1, -0.05) is 56.2 Å². The van der Waals surface area contributed by atoms with Gasteiger partial charge in [-0.2, -0.15) is 0 Å². The van der Waals surface area contributed by atoms with Crippen molar-refractivity contribution in [3.05, 3.63) is 47.5 Å². The molecule has 2 saturated carbocycles. The molecule has 2 aliphatic carbocycles. The minimum absolute atomic E-state index is 0.224. The number of rotatable bonds is 7. The Balaban J connectivity index is 1.48. The lowest BCUT2D eigenvalue weighted by Gasteiger charge is -2.30. The largest absolute Gasteiger partial charge is 0.251 e. The van der Waals surface area contributed by atoms with E-state index in [-0.39, 0.29) is 6.67 Å². The molecule has 0 heterocycles. The van der Waals surface area contributed by atoms with Crippen molar-refractivity contribution in [1.29, 1.82) is 0 Å². The van der Waals surface area contributed by atoms with E-state index in [1.54, 1.807) is 11.1 Å². The zero-order chi connectivity index (χ0) is 18.2. The summed E-state index contributed by atoms with van der Waals surface area (Å²) in [6, 6.07) is 9.68. The van der Waals surface area contributed by atoms with Crippen molar-refractivity contribution >= 4 is 0 Å². The quantitative estimate of drug-likeness (QED) is 0.435. The summed E-state index contributed by atoms with van der Waals surface area (Å²) in [6.07, 6.45) is 18.4. The van der Waals surface area contributed by atoms with Crippen LogP contribution in [0.2, 0.25) is 0 Å². The van der Waals surface area contributed by atoms with E-state index in [4.69, 9.17) is 0 Å². The van der Waals surface area contributed by atoms with Crippen LogP contribution in [0.3, 0.4) is 0 Å². The van der Waals surface area contributed by atoms with Crippen LogP contribution in [0.1, 0.15) is 101 Å². The predicted molar refractivity (Wildman–Crippen MR) is 110 cm³/mol. The number of allylic oxidation sites excluding steroid dienone is 2. The fourth-order valence-corrected chi connectivity index (χ4v) is 5.23. The van der Waals surface area contributed by atoms with Crippen molar-refractivity contribution in [1.82, 2.24) is 0 Å². The van der Waals surface area contributed by atoms with Gasteiger partial charge in [-0.05, 0) is 92.6 Å². The first-order valence-corrected chi connectivity index (χ1v) is 11.1. The van der Waals surface area contributed by atoms with Crippen LogP contribution in [0.5, 0.6) is 0 Å². The van der Waals surface area contributed by atoms with Crippen molar-refractivity contribution in [2.24, 2.45) is 11.8 Å². The molecule has 1 aromatic rings. The third-order valence-electron chi connectivity index (χ3n) is 6.88. The summed E-state index contributed by atoms with van der Waals surface area (Å²) >= 11 is 0. The van der Waals surface area contributed by atoms with Crippen LogP contribution >= 0.6 is 0 Å². The van der Waals surface area contributed by atoms with Crippen molar-refractivity contribution in [3.63, 3.8) is 0 Å². The Bertz CT molecular complexity index is 528. The normalized spacial score (nSPS) is 29.9. The Morgan fingerprint density at radius 3 is 1.88 bits per heavy atom. The molecule has 0 aliphatic heterocycles. The summed E-state index contributed by atoms with van der Waals surface area (Å²) in [7, 11) is 0. The van der Waals surface area contributed by atoms with E-state index in [0.717, 1.165) is 17.8 Å². The average Bonchev–Trinajstić information content (AvgIpc) is 2.70. The molecule has 0 saturated heterocycles. The van der Waals surface area contributed by atoms with E-state index < -0.39 is 0 Å². The molecule has 0 nitrogen and oxygen atoms in total. The highest BCUT2D eigenvalue weighted by atomic mass is 19.1. The van der Waals surface area contributed by atoms with Gasteiger partial charge in [-0.15, -0.1) is 0 Å². The van der Waals surface area contributed by atoms with Crippen molar-refractivity contribution < 1.29 is 4.39 Å². The highest BCUT2D eigenvalue weighted by Crippen LogP contribution is 2.39. The second-order valence-corrected chi connectivity index (χ2v) is 8.69. The predicted octanol–water partition coefficient (Wildman–Crippen LogP) is 7.95. The summed E-state index contributed by atoms with van der Waals surface area (Å²) in [4.78, 5) is 0. The first-order valence-electron chi connectivity index (χ1n) is 11.1. The van der Waals surface area contributed by atoms with Gasteiger partial charge in [0.05, 0.1) is 6.67 Å². The van der Waals surface area contributed by atoms with E-state index >= 15 is 0 Å². The lowest BCUT2D eigenvalue weighted by atomic mass is 9.76. The molecular formula is C25H37F. The van der Waals surface area contributed by atoms with Gasteiger partial charge in [0.25, 0.3) is 0 Å². The van der Waals surface area contributed by atoms with Gasteiger partial charge >= 0.3 is 0 Å². The summed E-state index contributed by atoms with van der Waals surface area (Å²) in [5.74, 6) is 3.20. The molecule has 2 aliphatic rings. The fourth-order valence-electron chi connectivity index (χ4n) is 5.23. The van der Waals surface area contributed by atoms with Crippen LogP contribution in [0.4, 0.5) is 4.39 Å². The molecule has 144 valence electrons. The van der Waals surface area contributed by atoms with E-state index in [9.17, 15) is 4.39 Å². The lowest BCUT2D eigenvalue weighted by molar-refractivity contribution is 0.308. The molecule has 2 fully saturated rings. The molecular weight excluding hydrogens is 319 g/mol. The fraction of sp³-hybridized carbons (Fsp3) is 0.680. The van der Waals surface area contributed by atoms with Gasteiger partial charge in [0.2, 0.25) is 0 Å². The zero-order valence-electron chi connectivity index (χ0n) is 16.6. The van der Waals surface area contributed by atoms with Crippen molar-refractivity contribution in [2.75, 3.05) is 6.67 Å². The molecule has 0 aromatic heterocycles. The molecule has 0 radical (unpaired) electrons. The van der Waals surface area contributed by atoms with Gasteiger partial charge in [0.15, 0.2) is 0 Å². The molecule has 0 N–H and O–H groups in total. The van der Waals surface area contributed by atoms with E-state index in [2.05, 4.69) is 37.3 Å². The Kier molecular flexibility index (Phi) is 7.77. The van der Waals surface area contributed by atoms with Gasteiger partial charge < -0.3 is 0 Å². The van der Waals surface area contributed by atoms with Gasteiger partial charge in [-0.3, -0.25) is 4.39 Å². The number of hydrogen-bond acceptors (Lipinski definition) is 0. The molecule has 0 spiro atoms.